The highest BCUT2D eigenvalue weighted by Crippen LogP contribution is 2.27. The lowest BCUT2D eigenvalue weighted by Gasteiger charge is -2.10. The summed E-state index contributed by atoms with van der Waals surface area (Å²) in [6.45, 7) is 0.686. The lowest BCUT2D eigenvalue weighted by molar-refractivity contribution is 0.354. The number of benzene rings is 1. The lowest BCUT2D eigenvalue weighted by atomic mass is 10.2. The fourth-order valence-corrected chi connectivity index (χ4v) is 1.71. The number of anilines is 1. The molecule has 0 fully saturated rings. The normalized spacial score (nSPS) is 10.2. The molecule has 0 bridgehead atoms. The standard InChI is InChI=1S/C13H17N3O2/c1-16-7-6-14-13(16)15-9-10-4-5-11(17-2)12(8-10)18-3/h4-8H,9H2,1-3H3,(H,14,15). The molecule has 0 radical (unpaired) electrons. The van der Waals surface area contributed by atoms with Crippen LogP contribution in [0.15, 0.2) is 30.6 Å². The Morgan fingerprint density at radius 2 is 2.00 bits per heavy atom. The van der Waals surface area contributed by atoms with Crippen LogP contribution in [0.1, 0.15) is 5.56 Å². The summed E-state index contributed by atoms with van der Waals surface area (Å²) in [6.07, 6.45) is 3.66. The first-order valence-electron chi connectivity index (χ1n) is 5.66. The molecule has 96 valence electrons. The van der Waals surface area contributed by atoms with E-state index < -0.39 is 0 Å². The number of methoxy groups -OCH3 is 2. The summed E-state index contributed by atoms with van der Waals surface area (Å²) >= 11 is 0. The Labute approximate surface area is 106 Å². The molecule has 0 aliphatic carbocycles. The highest BCUT2D eigenvalue weighted by molar-refractivity contribution is 5.43. The molecule has 1 heterocycles. The molecule has 0 saturated heterocycles. The summed E-state index contributed by atoms with van der Waals surface area (Å²) in [4.78, 5) is 4.20. The van der Waals surface area contributed by atoms with Crippen LogP contribution < -0.4 is 14.8 Å². The number of ether oxygens (including phenoxy) is 2. The van der Waals surface area contributed by atoms with Gasteiger partial charge in [-0.25, -0.2) is 4.98 Å². The Hall–Kier alpha value is -2.17. The second-order valence-corrected chi connectivity index (χ2v) is 3.90. The van der Waals surface area contributed by atoms with Crippen LogP contribution in [0.2, 0.25) is 0 Å². The van der Waals surface area contributed by atoms with E-state index in [9.17, 15) is 0 Å². The van der Waals surface area contributed by atoms with E-state index in [0.717, 1.165) is 23.0 Å². The van der Waals surface area contributed by atoms with Gasteiger partial charge in [-0.2, -0.15) is 0 Å². The van der Waals surface area contributed by atoms with Crippen LogP contribution in [0.4, 0.5) is 5.95 Å². The van der Waals surface area contributed by atoms with Crippen molar-refractivity contribution in [3.05, 3.63) is 36.2 Å². The van der Waals surface area contributed by atoms with Gasteiger partial charge in [-0.15, -0.1) is 0 Å². The number of hydrogen-bond donors (Lipinski definition) is 1. The van der Waals surface area contributed by atoms with Crippen molar-refractivity contribution in [2.75, 3.05) is 19.5 Å². The van der Waals surface area contributed by atoms with Gasteiger partial charge in [0.2, 0.25) is 5.95 Å². The maximum absolute atomic E-state index is 5.26. The Morgan fingerprint density at radius 3 is 2.61 bits per heavy atom. The van der Waals surface area contributed by atoms with Gasteiger partial charge >= 0.3 is 0 Å². The summed E-state index contributed by atoms with van der Waals surface area (Å²) in [5, 5.41) is 3.25. The number of hydrogen-bond acceptors (Lipinski definition) is 4. The average Bonchev–Trinajstić information content (AvgIpc) is 2.81. The van der Waals surface area contributed by atoms with Gasteiger partial charge in [-0.05, 0) is 17.7 Å². The lowest BCUT2D eigenvalue weighted by Crippen LogP contribution is -2.05. The van der Waals surface area contributed by atoms with Crippen molar-refractivity contribution >= 4 is 5.95 Å². The first-order valence-corrected chi connectivity index (χ1v) is 5.66. The van der Waals surface area contributed by atoms with E-state index in [4.69, 9.17) is 9.47 Å². The molecule has 1 aromatic heterocycles. The molecule has 0 spiro atoms. The molecule has 0 aliphatic heterocycles. The molecular weight excluding hydrogens is 230 g/mol. The molecule has 18 heavy (non-hydrogen) atoms. The van der Waals surface area contributed by atoms with E-state index in [1.807, 2.05) is 36.0 Å². The predicted molar refractivity (Wildman–Crippen MR) is 70.1 cm³/mol. The van der Waals surface area contributed by atoms with Gasteiger partial charge in [-0.1, -0.05) is 6.07 Å². The second-order valence-electron chi connectivity index (χ2n) is 3.90. The zero-order valence-corrected chi connectivity index (χ0v) is 10.8. The largest absolute Gasteiger partial charge is 0.493 e. The Balaban J connectivity index is 2.08. The van der Waals surface area contributed by atoms with E-state index >= 15 is 0 Å². The third-order valence-corrected chi connectivity index (χ3v) is 2.72. The third kappa shape index (κ3) is 2.56. The van der Waals surface area contributed by atoms with Crippen molar-refractivity contribution < 1.29 is 9.47 Å². The third-order valence-electron chi connectivity index (χ3n) is 2.72. The van der Waals surface area contributed by atoms with Gasteiger partial charge in [0, 0.05) is 26.0 Å². The monoisotopic (exact) mass is 247 g/mol. The van der Waals surface area contributed by atoms with E-state index in [1.165, 1.54) is 0 Å². The summed E-state index contributed by atoms with van der Waals surface area (Å²) < 4.78 is 12.4. The van der Waals surface area contributed by atoms with Crippen molar-refractivity contribution in [1.82, 2.24) is 9.55 Å². The van der Waals surface area contributed by atoms with Crippen molar-refractivity contribution in [1.29, 1.82) is 0 Å². The number of aromatic nitrogens is 2. The highest BCUT2D eigenvalue weighted by atomic mass is 16.5. The van der Waals surface area contributed by atoms with Gasteiger partial charge < -0.3 is 19.4 Å². The number of nitrogens with one attached hydrogen (secondary N) is 1. The minimum Gasteiger partial charge on any atom is -0.493 e. The van der Waals surface area contributed by atoms with Crippen LogP contribution >= 0.6 is 0 Å². The van der Waals surface area contributed by atoms with Gasteiger partial charge in [-0.3, -0.25) is 0 Å². The van der Waals surface area contributed by atoms with E-state index in [-0.39, 0.29) is 0 Å². The van der Waals surface area contributed by atoms with Crippen LogP contribution in [0.3, 0.4) is 0 Å². The molecule has 1 aromatic carbocycles. The van der Waals surface area contributed by atoms with E-state index in [1.54, 1.807) is 20.4 Å². The average molecular weight is 247 g/mol. The molecule has 5 heteroatoms. The van der Waals surface area contributed by atoms with Crippen LogP contribution in [0, 0.1) is 0 Å². The van der Waals surface area contributed by atoms with E-state index in [0.29, 0.717) is 6.54 Å². The minimum absolute atomic E-state index is 0.686. The number of imidazole rings is 1. The van der Waals surface area contributed by atoms with Gasteiger partial charge in [0.15, 0.2) is 11.5 Å². The molecule has 0 unspecified atom stereocenters. The molecule has 5 nitrogen and oxygen atoms in total. The summed E-state index contributed by atoms with van der Waals surface area (Å²) in [5.41, 5.74) is 1.11. The molecule has 2 aromatic rings. The van der Waals surface area contributed by atoms with Crippen LogP contribution in [-0.2, 0) is 13.6 Å². The maximum Gasteiger partial charge on any atom is 0.202 e. The summed E-state index contributed by atoms with van der Waals surface area (Å²) in [7, 11) is 5.21. The Kier molecular flexibility index (Phi) is 3.72. The quantitative estimate of drug-likeness (QED) is 0.878. The molecule has 0 saturated carbocycles. The molecule has 2 rings (SSSR count). The summed E-state index contributed by atoms with van der Waals surface area (Å²) in [5.74, 6) is 2.31. The fourth-order valence-electron chi connectivity index (χ4n) is 1.71. The van der Waals surface area contributed by atoms with Crippen molar-refractivity contribution in [3.63, 3.8) is 0 Å². The van der Waals surface area contributed by atoms with Crippen molar-refractivity contribution in [2.45, 2.75) is 6.54 Å². The zero-order valence-electron chi connectivity index (χ0n) is 10.8. The first-order chi connectivity index (χ1) is 8.74. The van der Waals surface area contributed by atoms with Crippen molar-refractivity contribution in [2.24, 2.45) is 7.05 Å². The molecular formula is C13H17N3O2. The van der Waals surface area contributed by atoms with Crippen LogP contribution in [-0.4, -0.2) is 23.8 Å². The predicted octanol–water partition coefficient (Wildman–Crippen LogP) is 2.05. The number of nitrogens with zero attached hydrogens (tertiary/aromatic N) is 2. The Bertz CT molecular complexity index is 523. The minimum atomic E-state index is 0.686. The van der Waals surface area contributed by atoms with E-state index in [2.05, 4.69) is 10.3 Å². The highest BCUT2D eigenvalue weighted by Gasteiger charge is 2.05. The number of aryl methyl sites for hydroxylation is 1. The number of rotatable bonds is 5. The smallest absolute Gasteiger partial charge is 0.202 e. The van der Waals surface area contributed by atoms with Gasteiger partial charge in [0.1, 0.15) is 0 Å². The molecule has 1 N–H and O–H groups in total. The summed E-state index contributed by atoms with van der Waals surface area (Å²) in [6, 6.07) is 5.85. The van der Waals surface area contributed by atoms with Gasteiger partial charge in [0.05, 0.1) is 14.2 Å². The van der Waals surface area contributed by atoms with Crippen LogP contribution in [0.25, 0.3) is 0 Å². The SMILES string of the molecule is COc1ccc(CNc2nccn2C)cc1OC. The molecule has 0 aliphatic rings. The molecule has 0 atom stereocenters. The zero-order chi connectivity index (χ0) is 13.0. The maximum atomic E-state index is 5.26. The first kappa shape index (κ1) is 12.3. The fraction of sp³-hybridized carbons (Fsp3) is 0.308. The second kappa shape index (κ2) is 5.44. The van der Waals surface area contributed by atoms with Gasteiger partial charge in [0.25, 0.3) is 0 Å². The molecule has 0 amide bonds. The van der Waals surface area contributed by atoms with Crippen molar-refractivity contribution in [3.8, 4) is 11.5 Å². The Morgan fingerprint density at radius 1 is 1.22 bits per heavy atom. The topological polar surface area (TPSA) is 48.3 Å². The van der Waals surface area contributed by atoms with Crippen LogP contribution in [0.5, 0.6) is 11.5 Å².